The van der Waals surface area contributed by atoms with Crippen molar-refractivity contribution in [2.24, 2.45) is 0 Å². The Labute approximate surface area is 121 Å². The lowest BCUT2D eigenvalue weighted by Crippen LogP contribution is -2.10. The molecule has 2 aromatic carbocycles. The molecule has 0 spiro atoms. The first kappa shape index (κ1) is 12.8. The largest absolute Gasteiger partial charge is 0.451 e. The van der Waals surface area contributed by atoms with Crippen LogP contribution in [0.5, 0.6) is 0 Å². The molecule has 4 heteroatoms. The molecular formula is C16H12ClNO2. The van der Waals surface area contributed by atoms with E-state index in [9.17, 15) is 4.79 Å². The van der Waals surface area contributed by atoms with Crippen molar-refractivity contribution >= 4 is 34.2 Å². The number of amides is 1. The van der Waals surface area contributed by atoms with Crippen molar-refractivity contribution in [1.82, 2.24) is 0 Å². The summed E-state index contributed by atoms with van der Waals surface area (Å²) in [7, 11) is 0. The van der Waals surface area contributed by atoms with Crippen molar-refractivity contribution in [2.75, 3.05) is 5.32 Å². The first-order chi connectivity index (χ1) is 9.76. The molecule has 1 N–H and O–H groups in total. The second-order valence-corrected chi connectivity index (χ2v) is 4.70. The highest BCUT2D eigenvalue weighted by Gasteiger charge is 2.12. The summed E-state index contributed by atoms with van der Waals surface area (Å²) >= 11 is 5.72. The van der Waals surface area contributed by atoms with Gasteiger partial charge in [-0.3, -0.25) is 4.79 Å². The third-order valence-electron chi connectivity index (χ3n) is 3.02. The van der Waals surface area contributed by atoms with Crippen molar-refractivity contribution in [3.63, 3.8) is 0 Å². The number of alkyl halides is 1. The molecule has 3 aromatic rings. The van der Waals surface area contributed by atoms with E-state index < -0.39 is 0 Å². The highest BCUT2D eigenvalue weighted by molar-refractivity contribution is 6.17. The molecule has 0 atom stereocenters. The van der Waals surface area contributed by atoms with Crippen molar-refractivity contribution < 1.29 is 9.21 Å². The lowest BCUT2D eigenvalue weighted by atomic mass is 10.2. The minimum absolute atomic E-state index is 0.264. The fraction of sp³-hybridized carbons (Fsp3) is 0.0625. The average Bonchev–Trinajstić information content (AvgIpc) is 2.92. The minimum Gasteiger partial charge on any atom is -0.451 e. The van der Waals surface area contributed by atoms with Crippen LogP contribution in [0.1, 0.15) is 16.1 Å². The average molecular weight is 286 g/mol. The van der Waals surface area contributed by atoms with Gasteiger partial charge in [-0.05, 0) is 29.8 Å². The fourth-order valence-corrected chi connectivity index (χ4v) is 2.14. The van der Waals surface area contributed by atoms with Crippen LogP contribution in [-0.2, 0) is 5.88 Å². The zero-order chi connectivity index (χ0) is 13.9. The van der Waals surface area contributed by atoms with Gasteiger partial charge in [-0.1, -0.05) is 30.3 Å². The summed E-state index contributed by atoms with van der Waals surface area (Å²) in [5, 5.41) is 3.71. The summed E-state index contributed by atoms with van der Waals surface area (Å²) in [6.07, 6.45) is 0. The Kier molecular flexibility index (Phi) is 3.44. The van der Waals surface area contributed by atoms with Gasteiger partial charge in [0.25, 0.3) is 5.91 Å². The molecule has 100 valence electrons. The van der Waals surface area contributed by atoms with Crippen LogP contribution >= 0.6 is 11.6 Å². The monoisotopic (exact) mass is 285 g/mol. The van der Waals surface area contributed by atoms with E-state index in [0.29, 0.717) is 22.9 Å². The smallest absolute Gasteiger partial charge is 0.291 e. The van der Waals surface area contributed by atoms with E-state index in [-0.39, 0.29) is 5.91 Å². The van der Waals surface area contributed by atoms with E-state index in [0.717, 1.165) is 10.9 Å². The Hall–Kier alpha value is -2.26. The second-order valence-electron chi connectivity index (χ2n) is 4.43. The quantitative estimate of drug-likeness (QED) is 0.724. The van der Waals surface area contributed by atoms with Crippen LogP contribution in [0.15, 0.2) is 59.0 Å². The minimum atomic E-state index is -0.264. The van der Waals surface area contributed by atoms with E-state index in [2.05, 4.69) is 5.32 Å². The van der Waals surface area contributed by atoms with Gasteiger partial charge in [-0.2, -0.15) is 0 Å². The van der Waals surface area contributed by atoms with Crippen LogP contribution in [0, 0.1) is 0 Å². The summed E-state index contributed by atoms with van der Waals surface area (Å²) in [6.45, 7) is 0. The normalized spacial score (nSPS) is 10.7. The third-order valence-corrected chi connectivity index (χ3v) is 3.32. The van der Waals surface area contributed by atoms with Gasteiger partial charge >= 0.3 is 0 Å². The molecule has 0 bridgehead atoms. The van der Waals surface area contributed by atoms with Crippen LogP contribution < -0.4 is 5.32 Å². The summed E-state index contributed by atoms with van der Waals surface area (Å²) < 4.78 is 5.51. The molecule has 3 rings (SSSR count). The lowest BCUT2D eigenvalue weighted by Gasteiger charge is -2.03. The van der Waals surface area contributed by atoms with Gasteiger partial charge in [0.05, 0.1) is 0 Å². The molecule has 1 heterocycles. The lowest BCUT2D eigenvalue weighted by molar-refractivity contribution is 0.0998. The Bertz CT molecular complexity index is 714. The third kappa shape index (κ3) is 2.53. The number of halogens is 1. The van der Waals surface area contributed by atoms with Crippen molar-refractivity contribution in [3.05, 3.63) is 65.9 Å². The molecule has 20 heavy (non-hydrogen) atoms. The highest BCUT2D eigenvalue weighted by Crippen LogP contribution is 2.20. The maximum atomic E-state index is 12.1. The summed E-state index contributed by atoms with van der Waals surface area (Å²) in [6, 6.07) is 16.6. The number of carbonyl (C=O) groups excluding carboxylic acids is 1. The van der Waals surface area contributed by atoms with Crippen LogP contribution in [0.2, 0.25) is 0 Å². The van der Waals surface area contributed by atoms with Crippen molar-refractivity contribution in [2.45, 2.75) is 5.88 Å². The SMILES string of the molecule is O=C(Nc1ccc(CCl)cc1)c1cc2ccccc2o1. The summed E-state index contributed by atoms with van der Waals surface area (Å²) in [4.78, 5) is 12.1. The van der Waals surface area contributed by atoms with E-state index >= 15 is 0 Å². The van der Waals surface area contributed by atoms with Crippen LogP contribution in [0.4, 0.5) is 5.69 Å². The van der Waals surface area contributed by atoms with Crippen molar-refractivity contribution in [3.8, 4) is 0 Å². The molecule has 0 aliphatic carbocycles. The first-order valence-electron chi connectivity index (χ1n) is 6.21. The number of hydrogen-bond acceptors (Lipinski definition) is 2. The molecule has 0 unspecified atom stereocenters. The first-order valence-corrected chi connectivity index (χ1v) is 6.74. The number of benzene rings is 2. The fourth-order valence-electron chi connectivity index (χ4n) is 1.96. The predicted octanol–water partition coefficient (Wildman–Crippen LogP) is 4.42. The maximum absolute atomic E-state index is 12.1. The molecule has 3 nitrogen and oxygen atoms in total. The van der Waals surface area contributed by atoms with Gasteiger partial charge in [0.1, 0.15) is 5.58 Å². The van der Waals surface area contributed by atoms with Gasteiger partial charge in [-0.15, -0.1) is 11.6 Å². The molecule has 1 aromatic heterocycles. The van der Waals surface area contributed by atoms with Crippen LogP contribution in [0.3, 0.4) is 0 Å². The molecule has 0 fully saturated rings. The molecule has 1 amide bonds. The Morgan fingerprint density at radius 2 is 1.85 bits per heavy atom. The number of carbonyl (C=O) groups is 1. The number of hydrogen-bond donors (Lipinski definition) is 1. The number of anilines is 1. The number of furan rings is 1. The maximum Gasteiger partial charge on any atom is 0.291 e. The number of fused-ring (bicyclic) bond motifs is 1. The Balaban J connectivity index is 1.81. The molecule has 0 saturated heterocycles. The zero-order valence-corrected chi connectivity index (χ0v) is 11.4. The molecule has 0 aliphatic heterocycles. The topological polar surface area (TPSA) is 42.2 Å². The van der Waals surface area contributed by atoms with Gasteiger partial charge in [0.2, 0.25) is 0 Å². The molecule has 0 aliphatic rings. The van der Waals surface area contributed by atoms with Gasteiger partial charge in [0, 0.05) is 17.0 Å². The predicted molar refractivity (Wildman–Crippen MR) is 80.2 cm³/mol. The van der Waals surface area contributed by atoms with Gasteiger partial charge in [0.15, 0.2) is 5.76 Å². The van der Waals surface area contributed by atoms with E-state index in [1.165, 1.54) is 0 Å². The van der Waals surface area contributed by atoms with Crippen molar-refractivity contribution in [1.29, 1.82) is 0 Å². The van der Waals surface area contributed by atoms with Crippen LogP contribution in [0.25, 0.3) is 11.0 Å². The van der Waals surface area contributed by atoms with Crippen LogP contribution in [-0.4, -0.2) is 5.91 Å². The standard InChI is InChI=1S/C16H12ClNO2/c17-10-11-5-7-13(8-6-11)18-16(19)15-9-12-3-1-2-4-14(12)20-15/h1-9H,10H2,(H,18,19). The molecule has 0 saturated carbocycles. The van der Waals surface area contributed by atoms with Gasteiger partial charge < -0.3 is 9.73 Å². The number of para-hydroxylation sites is 1. The molecular weight excluding hydrogens is 274 g/mol. The second kappa shape index (κ2) is 5.39. The summed E-state index contributed by atoms with van der Waals surface area (Å²) in [5.41, 5.74) is 2.42. The molecule has 0 radical (unpaired) electrons. The number of rotatable bonds is 3. The van der Waals surface area contributed by atoms with E-state index in [1.807, 2.05) is 48.5 Å². The van der Waals surface area contributed by atoms with E-state index in [1.54, 1.807) is 6.07 Å². The zero-order valence-electron chi connectivity index (χ0n) is 10.6. The van der Waals surface area contributed by atoms with Gasteiger partial charge in [-0.25, -0.2) is 0 Å². The number of nitrogens with one attached hydrogen (secondary N) is 1. The Morgan fingerprint density at radius 1 is 1.10 bits per heavy atom. The van der Waals surface area contributed by atoms with E-state index in [4.69, 9.17) is 16.0 Å². The highest BCUT2D eigenvalue weighted by atomic mass is 35.5. The summed E-state index contributed by atoms with van der Waals surface area (Å²) in [5.74, 6) is 0.491. The Morgan fingerprint density at radius 3 is 2.55 bits per heavy atom.